The van der Waals surface area contributed by atoms with E-state index in [9.17, 15) is 4.57 Å². The SMILES string of the molecule is Cc1ccc(C(C#Cc2ccccc2)NP(=O)(c2ccccc2)c2ccccc2)cc1. The zero-order chi connectivity index (χ0) is 21.5. The van der Waals surface area contributed by atoms with Crippen molar-refractivity contribution in [1.29, 1.82) is 0 Å². The van der Waals surface area contributed by atoms with Crippen LogP contribution in [0.1, 0.15) is 22.7 Å². The average Bonchev–Trinajstić information content (AvgIpc) is 2.84. The summed E-state index contributed by atoms with van der Waals surface area (Å²) in [4.78, 5) is 0. The van der Waals surface area contributed by atoms with Crippen molar-refractivity contribution in [2.75, 3.05) is 0 Å². The minimum Gasteiger partial charge on any atom is -0.296 e. The lowest BCUT2D eigenvalue weighted by molar-refractivity contribution is 0.574. The summed E-state index contributed by atoms with van der Waals surface area (Å²) in [5.74, 6) is 6.58. The zero-order valence-electron chi connectivity index (χ0n) is 17.4. The number of hydrogen-bond donors (Lipinski definition) is 1. The predicted molar refractivity (Wildman–Crippen MR) is 130 cm³/mol. The van der Waals surface area contributed by atoms with Gasteiger partial charge in [0.2, 0.25) is 7.29 Å². The Kier molecular flexibility index (Phi) is 6.48. The molecular formula is C28H24NOP. The van der Waals surface area contributed by atoms with Gasteiger partial charge in [-0.3, -0.25) is 4.57 Å². The number of aryl methyl sites for hydroxylation is 1. The molecule has 3 heteroatoms. The van der Waals surface area contributed by atoms with Crippen molar-refractivity contribution >= 4 is 17.9 Å². The van der Waals surface area contributed by atoms with Crippen LogP contribution >= 0.6 is 7.29 Å². The van der Waals surface area contributed by atoms with Gasteiger partial charge in [0.1, 0.15) is 6.04 Å². The van der Waals surface area contributed by atoms with E-state index in [0.29, 0.717) is 0 Å². The summed E-state index contributed by atoms with van der Waals surface area (Å²) < 4.78 is 14.5. The third kappa shape index (κ3) is 5.04. The van der Waals surface area contributed by atoms with Crippen LogP contribution in [0.15, 0.2) is 115 Å². The molecule has 152 valence electrons. The van der Waals surface area contributed by atoms with E-state index in [1.807, 2.05) is 103 Å². The van der Waals surface area contributed by atoms with Crippen LogP contribution in [0.5, 0.6) is 0 Å². The maximum Gasteiger partial charge on any atom is 0.205 e. The van der Waals surface area contributed by atoms with Crippen molar-refractivity contribution in [3.05, 3.63) is 132 Å². The Morgan fingerprint density at radius 3 is 1.68 bits per heavy atom. The molecule has 1 unspecified atom stereocenters. The molecule has 4 aromatic rings. The molecule has 0 aromatic heterocycles. The fourth-order valence-corrected chi connectivity index (χ4v) is 5.74. The fraction of sp³-hybridized carbons (Fsp3) is 0.0714. The van der Waals surface area contributed by atoms with E-state index < -0.39 is 13.3 Å². The van der Waals surface area contributed by atoms with Crippen LogP contribution in [-0.2, 0) is 4.57 Å². The van der Waals surface area contributed by atoms with Gasteiger partial charge in [-0.2, -0.15) is 0 Å². The van der Waals surface area contributed by atoms with Crippen molar-refractivity contribution in [3.63, 3.8) is 0 Å². The number of nitrogens with one attached hydrogen (secondary N) is 1. The second-order valence-corrected chi connectivity index (χ2v) is 9.90. The first kappa shape index (κ1) is 20.9. The van der Waals surface area contributed by atoms with Crippen molar-refractivity contribution in [2.45, 2.75) is 13.0 Å². The molecule has 0 aliphatic rings. The molecule has 31 heavy (non-hydrogen) atoms. The molecule has 4 rings (SSSR count). The Hall–Kier alpha value is -3.37. The third-order valence-electron chi connectivity index (χ3n) is 5.10. The van der Waals surface area contributed by atoms with Crippen LogP contribution in [-0.4, -0.2) is 0 Å². The van der Waals surface area contributed by atoms with Crippen LogP contribution in [0.4, 0.5) is 0 Å². The molecule has 0 aliphatic carbocycles. The molecule has 0 aliphatic heterocycles. The van der Waals surface area contributed by atoms with E-state index in [0.717, 1.165) is 21.7 Å². The maximum absolute atomic E-state index is 14.5. The van der Waals surface area contributed by atoms with Crippen molar-refractivity contribution < 1.29 is 4.57 Å². The first-order chi connectivity index (χ1) is 15.1. The first-order valence-electron chi connectivity index (χ1n) is 10.3. The summed E-state index contributed by atoms with van der Waals surface area (Å²) in [5, 5.41) is 4.98. The van der Waals surface area contributed by atoms with Crippen LogP contribution in [0.3, 0.4) is 0 Å². The lowest BCUT2D eigenvalue weighted by Crippen LogP contribution is -2.30. The van der Waals surface area contributed by atoms with Crippen LogP contribution in [0.2, 0.25) is 0 Å². The van der Waals surface area contributed by atoms with E-state index in [1.165, 1.54) is 5.56 Å². The monoisotopic (exact) mass is 421 g/mol. The summed E-state index contributed by atoms with van der Waals surface area (Å²) in [6.45, 7) is 2.06. The lowest BCUT2D eigenvalue weighted by Gasteiger charge is -2.24. The normalized spacial score (nSPS) is 11.9. The van der Waals surface area contributed by atoms with Gasteiger partial charge in [-0.25, -0.2) is 5.09 Å². The second-order valence-electron chi connectivity index (χ2n) is 7.39. The summed E-state index contributed by atoms with van der Waals surface area (Å²) in [7, 11) is -3.13. The Morgan fingerprint density at radius 1 is 0.677 bits per heavy atom. The van der Waals surface area contributed by atoms with E-state index in [-0.39, 0.29) is 0 Å². The Balaban J connectivity index is 1.80. The average molecular weight is 421 g/mol. The minimum absolute atomic E-state index is 0.396. The highest BCUT2D eigenvalue weighted by Gasteiger charge is 2.30. The highest BCUT2D eigenvalue weighted by Crippen LogP contribution is 2.41. The van der Waals surface area contributed by atoms with Gasteiger partial charge in [-0.05, 0) is 48.9 Å². The highest BCUT2D eigenvalue weighted by atomic mass is 31.2. The van der Waals surface area contributed by atoms with E-state index >= 15 is 0 Å². The Labute approximate surface area is 184 Å². The summed E-state index contributed by atoms with van der Waals surface area (Å²) >= 11 is 0. The topological polar surface area (TPSA) is 29.1 Å². The largest absolute Gasteiger partial charge is 0.296 e. The summed E-state index contributed by atoms with van der Waals surface area (Å²) in [6, 6.07) is 36.9. The molecule has 0 spiro atoms. The standard InChI is InChI=1S/C28H24NOP/c1-23-17-20-25(21-18-23)28(22-19-24-11-5-2-6-12-24)29-31(30,26-13-7-3-8-14-26)27-15-9-4-10-16-27/h2-18,20-21,28H,1H3,(H,29,30). The van der Waals surface area contributed by atoms with Gasteiger partial charge in [0, 0.05) is 16.2 Å². The van der Waals surface area contributed by atoms with Crippen LogP contribution < -0.4 is 15.7 Å². The van der Waals surface area contributed by atoms with Gasteiger partial charge >= 0.3 is 0 Å². The van der Waals surface area contributed by atoms with Gasteiger partial charge in [-0.15, -0.1) is 0 Å². The molecule has 1 atom stereocenters. The second kappa shape index (κ2) is 9.63. The number of hydrogen-bond acceptors (Lipinski definition) is 1. The molecule has 0 saturated heterocycles. The third-order valence-corrected chi connectivity index (χ3v) is 7.77. The van der Waals surface area contributed by atoms with Gasteiger partial charge in [0.25, 0.3) is 0 Å². The zero-order valence-corrected chi connectivity index (χ0v) is 18.3. The van der Waals surface area contributed by atoms with E-state index in [2.05, 4.69) is 36.0 Å². The maximum atomic E-state index is 14.5. The Bertz CT molecular complexity index is 1180. The fourth-order valence-electron chi connectivity index (χ4n) is 3.38. The molecule has 4 aromatic carbocycles. The summed E-state index contributed by atoms with van der Waals surface area (Å²) in [6.07, 6.45) is 0. The lowest BCUT2D eigenvalue weighted by atomic mass is 10.1. The number of rotatable bonds is 5. The first-order valence-corrected chi connectivity index (χ1v) is 12.0. The van der Waals surface area contributed by atoms with Crippen LogP contribution in [0, 0.1) is 18.8 Å². The van der Waals surface area contributed by atoms with Crippen molar-refractivity contribution in [3.8, 4) is 11.8 Å². The quantitative estimate of drug-likeness (QED) is 0.335. The van der Waals surface area contributed by atoms with Gasteiger partial charge in [0.15, 0.2) is 0 Å². The molecule has 2 nitrogen and oxygen atoms in total. The van der Waals surface area contributed by atoms with E-state index in [1.54, 1.807) is 0 Å². The summed E-state index contributed by atoms with van der Waals surface area (Å²) in [5.41, 5.74) is 3.09. The van der Waals surface area contributed by atoms with Gasteiger partial charge in [0.05, 0.1) is 0 Å². The van der Waals surface area contributed by atoms with Crippen LogP contribution in [0.25, 0.3) is 0 Å². The Morgan fingerprint density at radius 2 is 1.16 bits per heavy atom. The van der Waals surface area contributed by atoms with Gasteiger partial charge in [-0.1, -0.05) is 96.3 Å². The molecule has 0 amide bonds. The minimum atomic E-state index is -3.13. The molecular weight excluding hydrogens is 397 g/mol. The smallest absolute Gasteiger partial charge is 0.205 e. The van der Waals surface area contributed by atoms with E-state index in [4.69, 9.17) is 0 Å². The van der Waals surface area contributed by atoms with Crippen molar-refractivity contribution in [2.24, 2.45) is 0 Å². The predicted octanol–water partition coefficient (Wildman–Crippen LogP) is 5.61. The molecule has 0 heterocycles. The molecule has 0 radical (unpaired) electrons. The van der Waals surface area contributed by atoms with Gasteiger partial charge < -0.3 is 0 Å². The number of benzene rings is 4. The molecule has 0 bridgehead atoms. The van der Waals surface area contributed by atoms with Crippen molar-refractivity contribution in [1.82, 2.24) is 5.09 Å². The molecule has 0 fully saturated rings. The highest BCUT2D eigenvalue weighted by molar-refractivity contribution is 7.76. The molecule has 0 saturated carbocycles. The molecule has 1 N–H and O–H groups in total.